The van der Waals surface area contributed by atoms with Crippen LogP contribution in [-0.2, 0) is 9.53 Å². The molecule has 0 N–H and O–H groups in total. The summed E-state index contributed by atoms with van der Waals surface area (Å²) in [4.78, 5) is 18.8. The number of carbonyl (C=O) groups excluding carboxylic acids is 1. The van der Waals surface area contributed by atoms with Crippen molar-refractivity contribution in [3.8, 4) is 0 Å². The van der Waals surface area contributed by atoms with Gasteiger partial charge in [0.2, 0.25) is 0 Å². The van der Waals surface area contributed by atoms with Gasteiger partial charge in [-0.1, -0.05) is 29.8 Å². The molecular weight excluding hydrogens is 296 g/mol. The molecule has 1 saturated heterocycles. The second kappa shape index (κ2) is 5.99. The van der Waals surface area contributed by atoms with Gasteiger partial charge in [0.25, 0.3) is 5.91 Å². The molecule has 0 unspecified atom stereocenters. The summed E-state index contributed by atoms with van der Waals surface area (Å²) >= 11 is 7.51. The Morgan fingerprint density at radius 3 is 2.80 bits per heavy atom. The first-order valence-corrected chi connectivity index (χ1v) is 7.53. The van der Waals surface area contributed by atoms with Gasteiger partial charge in [0.15, 0.2) is 5.17 Å². The molecule has 6 heteroatoms. The van der Waals surface area contributed by atoms with E-state index in [1.54, 1.807) is 6.08 Å². The molecule has 0 radical (unpaired) electrons. The minimum atomic E-state index is -0.198. The Kier molecular flexibility index (Phi) is 4.10. The molecule has 3 rings (SSSR count). The smallest absolute Gasteiger partial charge is 0.286 e. The van der Waals surface area contributed by atoms with Crippen LogP contribution < -0.4 is 0 Å². The van der Waals surface area contributed by atoms with E-state index in [0.717, 1.165) is 23.8 Å². The van der Waals surface area contributed by atoms with Crippen molar-refractivity contribution in [3.63, 3.8) is 0 Å². The molecule has 2 aliphatic heterocycles. The van der Waals surface area contributed by atoms with Crippen molar-refractivity contribution in [2.45, 2.75) is 0 Å². The molecule has 0 spiro atoms. The fraction of sp³-hybridized carbons (Fsp3) is 0.286. The number of rotatable bonds is 1. The molecule has 1 amide bonds. The lowest BCUT2D eigenvalue weighted by Crippen LogP contribution is -2.38. The van der Waals surface area contributed by atoms with Crippen LogP contribution in [0.3, 0.4) is 0 Å². The summed E-state index contributed by atoms with van der Waals surface area (Å²) in [5, 5.41) is 1.39. The summed E-state index contributed by atoms with van der Waals surface area (Å²) in [5.74, 6) is -0.198. The fourth-order valence-electron chi connectivity index (χ4n) is 2.02. The topological polar surface area (TPSA) is 41.9 Å². The number of amidine groups is 1. The van der Waals surface area contributed by atoms with Crippen LogP contribution in [0.5, 0.6) is 0 Å². The van der Waals surface area contributed by atoms with E-state index in [2.05, 4.69) is 9.89 Å². The summed E-state index contributed by atoms with van der Waals surface area (Å²) in [6.45, 7) is 2.91. The number of hydrogen-bond donors (Lipinski definition) is 0. The zero-order chi connectivity index (χ0) is 13.9. The Morgan fingerprint density at radius 2 is 2.05 bits per heavy atom. The number of hydrogen-bond acceptors (Lipinski definition) is 4. The number of halogens is 1. The molecule has 2 heterocycles. The highest BCUT2D eigenvalue weighted by Gasteiger charge is 2.27. The minimum Gasteiger partial charge on any atom is -0.378 e. The van der Waals surface area contributed by atoms with E-state index in [1.807, 2.05) is 24.3 Å². The van der Waals surface area contributed by atoms with Gasteiger partial charge in [-0.05, 0) is 29.5 Å². The number of morpholine rings is 1. The number of carbonyl (C=O) groups is 1. The van der Waals surface area contributed by atoms with Gasteiger partial charge >= 0.3 is 0 Å². The van der Waals surface area contributed by atoms with Gasteiger partial charge in [0, 0.05) is 18.1 Å². The Hall–Kier alpha value is -1.30. The van der Waals surface area contributed by atoms with Gasteiger partial charge in [0.05, 0.1) is 18.1 Å². The number of nitrogens with zero attached hydrogens (tertiary/aromatic N) is 2. The van der Waals surface area contributed by atoms with Gasteiger partial charge < -0.3 is 9.64 Å². The number of ether oxygens (including phenoxy) is 1. The Bertz CT molecular complexity index is 595. The Balaban J connectivity index is 1.78. The van der Waals surface area contributed by atoms with Gasteiger partial charge in [-0.15, -0.1) is 0 Å². The first-order chi connectivity index (χ1) is 9.74. The maximum absolute atomic E-state index is 12.0. The largest absolute Gasteiger partial charge is 0.378 e. The van der Waals surface area contributed by atoms with Crippen LogP contribution in [0.15, 0.2) is 34.2 Å². The van der Waals surface area contributed by atoms with Gasteiger partial charge in [-0.25, -0.2) is 0 Å². The highest BCUT2D eigenvalue weighted by molar-refractivity contribution is 8.18. The van der Waals surface area contributed by atoms with E-state index in [1.165, 1.54) is 11.8 Å². The van der Waals surface area contributed by atoms with Crippen LogP contribution >= 0.6 is 23.4 Å². The maximum Gasteiger partial charge on any atom is 0.286 e. The van der Waals surface area contributed by atoms with Crippen molar-refractivity contribution in [2.75, 3.05) is 26.3 Å². The molecule has 2 aliphatic rings. The molecule has 0 atom stereocenters. The zero-order valence-corrected chi connectivity index (χ0v) is 12.3. The lowest BCUT2D eigenvalue weighted by molar-refractivity contribution is -0.113. The molecule has 1 fully saturated rings. The zero-order valence-electron chi connectivity index (χ0n) is 10.7. The van der Waals surface area contributed by atoms with Crippen LogP contribution in [0.25, 0.3) is 6.08 Å². The van der Waals surface area contributed by atoms with E-state index in [9.17, 15) is 4.79 Å². The number of thioether (sulfide) groups is 1. The monoisotopic (exact) mass is 308 g/mol. The molecule has 0 bridgehead atoms. The molecule has 1 aromatic rings. The van der Waals surface area contributed by atoms with Crippen molar-refractivity contribution in [2.24, 2.45) is 4.99 Å². The van der Waals surface area contributed by atoms with Crippen LogP contribution in [-0.4, -0.2) is 42.3 Å². The molecule has 20 heavy (non-hydrogen) atoms. The molecule has 0 aromatic heterocycles. The van der Waals surface area contributed by atoms with Crippen molar-refractivity contribution >= 4 is 40.5 Å². The minimum absolute atomic E-state index is 0.198. The van der Waals surface area contributed by atoms with E-state index in [-0.39, 0.29) is 5.91 Å². The van der Waals surface area contributed by atoms with E-state index >= 15 is 0 Å². The second-order valence-electron chi connectivity index (χ2n) is 4.43. The normalized spacial score (nSPS) is 21.4. The molecule has 1 aromatic carbocycles. The summed E-state index contributed by atoms with van der Waals surface area (Å²) in [7, 11) is 0. The van der Waals surface area contributed by atoms with E-state index in [0.29, 0.717) is 23.1 Å². The highest BCUT2D eigenvalue weighted by Crippen LogP contribution is 2.31. The van der Waals surface area contributed by atoms with Gasteiger partial charge in [-0.3, -0.25) is 4.79 Å². The first kappa shape index (κ1) is 13.7. The number of benzene rings is 1. The quantitative estimate of drug-likeness (QED) is 0.748. The van der Waals surface area contributed by atoms with Crippen molar-refractivity contribution < 1.29 is 9.53 Å². The lowest BCUT2D eigenvalue weighted by Gasteiger charge is -2.27. The van der Waals surface area contributed by atoms with Crippen LogP contribution in [0.2, 0.25) is 5.02 Å². The second-order valence-corrected chi connectivity index (χ2v) is 5.85. The predicted molar refractivity (Wildman–Crippen MR) is 81.9 cm³/mol. The van der Waals surface area contributed by atoms with Crippen molar-refractivity contribution in [1.29, 1.82) is 0 Å². The third-order valence-corrected chi connectivity index (χ3v) is 4.47. The van der Waals surface area contributed by atoms with Crippen molar-refractivity contribution in [3.05, 3.63) is 39.8 Å². The Morgan fingerprint density at radius 1 is 1.30 bits per heavy atom. The lowest BCUT2D eigenvalue weighted by atomic mass is 10.2. The van der Waals surface area contributed by atoms with E-state index < -0.39 is 0 Å². The summed E-state index contributed by atoms with van der Waals surface area (Å²) in [6, 6.07) is 7.45. The summed E-state index contributed by atoms with van der Waals surface area (Å²) in [6.07, 6.45) is 1.80. The Labute approximate surface area is 126 Å². The van der Waals surface area contributed by atoms with Crippen LogP contribution in [0, 0.1) is 0 Å². The standard InChI is InChI=1S/C14H13ClN2O2S/c15-11-4-2-1-3-10(11)9-12-13(18)16-14(20-12)17-5-7-19-8-6-17/h1-4,9H,5-8H2/b12-9-. The van der Waals surface area contributed by atoms with E-state index in [4.69, 9.17) is 16.3 Å². The summed E-state index contributed by atoms with van der Waals surface area (Å²) in [5.41, 5.74) is 0.837. The molecule has 0 saturated carbocycles. The average molecular weight is 309 g/mol. The molecular formula is C14H13ClN2O2S. The van der Waals surface area contributed by atoms with Gasteiger partial charge in [0.1, 0.15) is 0 Å². The fourth-order valence-corrected chi connectivity index (χ4v) is 3.17. The SMILES string of the molecule is O=C1N=C(N2CCOCC2)S/C1=C\c1ccccc1Cl. The molecule has 104 valence electrons. The van der Waals surface area contributed by atoms with Crippen molar-refractivity contribution in [1.82, 2.24) is 4.90 Å². The predicted octanol–water partition coefficient (Wildman–Crippen LogP) is 2.64. The number of amides is 1. The third-order valence-electron chi connectivity index (χ3n) is 3.08. The average Bonchev–Trinajstić information content (AvgIpc) is 2.84. The molecule has 4 nitrogen and oxygen atoms in total. The number of aliphatic imine (C=N–C) groups is 1. The highest BCUT2D eigenvalue weighted by atomic mass is 35.5. The third kappa shape index (κ3) is 2.90. The summed E-state index contributed by atoms with van der Waals surface area (Å²) < 4.78 is 5.30. The van der Waals surface area contributed by atoms with Crippen LogP contribution in [0.4, 0.5) is 0 Å². The first-order valence-electron chi connectivity index (χ1n) is 6.34. The molecule has 0 aliphatic carbocycles. The maximum atomic E-state index is 12.0. The van der Waals surface area contributed by atoms with Crippen LogP contribution in [0.1, 0.15) is 5.56 Å². The van der Waals surface area contributed by atoms with Gasteiger partial charge in [-0.2, -0.15) is 4.99 Å².